The third-order valence-corrected chi connectivity index (χ3v) is 3.93. The molecule has 3 rings (SSSR count). The Morgan fingerprint density at radius 2 is 1.83 bits per heavy atom. The molecule has 0 bridgehead atoms. The van der Waals surface area contributed by atoms with Gasteiger partial charge in [-0.1, -0.05) is 17.3 Å². The summed E-state index contributed by atoms with van der Waals surface area (Å²) in [5.74, 6) is 2.69. The average Bonchev–Trinajstić information content (AvgIpc) is 3.18. The molecule has 0 saturated heterocycles. The quantitative estimate of drug-likeness (QED) is 0.669. The maximum atomic E-state index is 12.5. The first-order chi connectivity index (χ1) is 11.0. The van der Waals surface area contributed by atoms with Crippen LogP contribution in [0.5, 0.6) is 0 Å². The van der Waals surface area contributed by atoms with Crippen LogP contribution in [0.15, 0.2) is 51.6 Å². The molecule has 120 valence electrons. The lowest BCUT2D eigenvalue weighted by Gasteiger charge is -2.05. The first-order valence-corrected chi connectivity index (χ1v) is 7.78. The second-order valence-electron chi connectivity index (χ2n) is 4.66. The van der Waals surface area contributed by atoms with E-state index in [-0.39, 0.29) is 5.82 Å². The molecule has 2 aromatic heterocycles. The highest BCUT2D eigenvalue weighted by atomic mass is 32.2. The van der Waals surface area contributed by atoms with Gasteiger partial charge in [-0.15, -0.1) is 11.8 Å². The van der Waals surface area contributed by atoms with Gasteiger partial charge < -0.3 is 8.94 Å². The van der Waals surface area contributed by atoms with Gasteiger partial charge in [-0.3, -0.25) is 0 Å². The zero-order valence-corrected chi connectivity index (χ0v) is 12.5. The number of hydrogen-bond acceptors (Lipinski definition) is 5. The Bertz CT molecular complexity index is 752. The highest BCUT2D eigenvalue weighted by Crippen LogP contribution is 2.30. The van der Waals surface area contributed by atoms with Crippen LogP contribution in [0.2, 0.25) is 0 Å². The van der Waals surface area contributed by atoms with Crippen molar-refractivity contribution in [2.24, 2.45) is 0 Å². The summed E-state index contributed by atoms with van der Waals surface area (Å²) in [5.41, 5.74) is -0.233. The van der Waals surface area contributed by atoms with Gasteiger partial charge in [-0.25, -0.2) is 0 Å². The predicted molar refractivity (Wildman–Crippen MR) is 78.4 cm³/mol. The second-order valence-corrected chi connectivity index (χ2v) is 5.64. The summed E-state index contributed by atoms with van der Waals surface area (Å²) < 4.78 is 47.9. The number of thioether (sulfide) groups is 1. The molecule has 0 N–H and O–H groups in total. The molecule has 8 heteroatoms. The van der Waals surface area contributed by atoms with E-state index >= 15 is 0 Å². The number of nitrogens with zero attached hydrogens (tertiary/aromatic N) is 2. The lowest BCUT2D eigenvalue weighted by atomic mass is 10.1. The fourth-order valence-corrected chi connectivity index (χ4v) is 2.63. The Hall–Kier alpha value is -2.22. The smallest absolute Gasteiger partial charge is 0.416 e. The van der Waals surface area contributed by atoms with E-state index in [1.54, 1.807) is 6.26 Å². The molecule has 0 unspecified atom stereocenters. The minimum Gasteiger partial charge on any atom is -0.468 e. The molecule has 0 aliphatic rings. The van der Waals surface area contributed by atoms with Crippen LogP contribution in [0, 0.1) is 0 Å². The van der Waals surface area contributed by atoms with Crippen molar-refractivity contribution in [3.8, 4) is 11.4 Å². The van der Waals surface area contributed by atoms with Crippen LogP contribution in [0.1, 0.15) is 17.2 Å². The maximum Gasteiger partial charge on any atom is 0.416 e. The van der Waals surface area contributed by atoms with E-state index in [0.717, 1.165) is 17.9 Å². The number of halogens is 3. The van der Waals surface area contributed by atoms with Gasteiger partial charge in [0.25, 0.3) is 0 Å². The minimum atomic E-state index is -4.36. The van der Waals surface area contributed by atoms with E-state index in [0.29, 0.717) is 23.0 Å². The molecule has 0 aliphatic carbocycles. The molecule has 4 nitrogen and oxygen atoms in total. The van der Waals surface area contributed by atoms with Crippen molar-refractivity contribution in [3.05, 3.63) is 59.9 Å². The molecule has 0 amide bonds. The first-order valence-electron chi connectivity index (χ1n) is 6.63. The average molecular weight is 340 g/mol. The molecule has 3 aromatic rings. The van der Waals surface area contributed by atoms with Crippen LogP contribution >= 0.6 is 11.8 Å². The van der Waals surface area contributed by atoms with Crippen molar-refractivity contribution in [1.29, 1.82) is 0 Å². The van der Waals surface area contributed by atoms with E-state index in [2.05, 4.69) is 10.1 Å². The molecule has 0 radical (unpaired) electrons. The Labute approximate surface area is 133 Å². The number of aromatic nitrogens is 2. The van der Waals surface area contributed by atoms with Crippen molar-refractivity contribution in [2.75, 3.05) is 0 Å². The summed E-state index contributed by atoms with van der Waals surface area (Å²) >= 11 is 1.54. The standard InChI is InChI=1S/C15H11F3N2O2S/c16-15(17,18)11-5-3-10(4-6-11)14-19-13(22-20-14)9-23-8-12-2-1-7-21-12/h1-7H,8-9H2. The number of benzene rings is 1. The summed E-state index contributed by atoms with van der Waals surface area (Å²) in [7, 11) is 0. The molecule has 2 heterocycles. The fourth-order valence-electron chi connectivity index (χ4n) is 1.87. The van der Waals surface area contributed by atoms with Gasteiger partial charge in [0.05, 0.1) is 23.3 Å². The monoisotopic (exact) mass is 340 g/mol. The topological polar surface area (TPSA) is 52.1 Å². The summed E-state index contributed by atoms with van der Waals surface area (Å²) in [6.07, 6.45) is -2.76. The molecule has 1 aromatic carbocycles. The number of rotatable bonds is 5. The van der Waals surface area contributed by atoms with Crippen molar-refractivity contribution in [2.45, 2.75) is 17.7 Å². The van der Waals surface area contributed by atoms with Crippen molar-refractivity contribution in [1.82, 2.24) is 10.1 Å². The van der Waals surface area contributed by atoms with Crippen LogP contribution in [0.4, 0.5) is 13.2 Å². The number of furan rings is 1. The zero-order chi connectivity index (χ0) is 16.3. The maximum absolute atomic E-state index is 12.5. The fraction of sp³-hybridized carbons (Fsp3) is 0.200. The van der Waals surface area contributed by atoms with Gasteiger partial charge in [0.1, 0.15) is 5.76 Å². The van der Waals surface area contributed by atoms with Crippen LogP contribution in [-0.4, -0.2) is 10.1 Å². The van der Waals surface area contributed by atoms with E-state index in [4.69, 9.17) is 8.94 Å². The van der Waals surface area contributed by atoms with E-state index in [1.165, 1.54) is 23.9 Å². The van der Waals surface area contributed by atoms with Gasteiger partial charge in [-0.05, 0) is 24.3 Å². The lowest BCUT2D eigenvalue weighted by Crippen LogP contribution is -2.04. The SMILES string of the molecule is FC(F)(F)c1ccc(-c2noc(CSCc3ccco3)n2)cc1. The molecule has 23 heavy (non-hydrogen) atoms. The number of alkyl halides is 3. The molecular weight excluding hydrogens is 329 g/mol. The Kier molecular flexibility index (Phi) is 4.42. The molecule has 0 saturated carbocycles. The third kappa shape index (κ3) is 3.95. The summed E-state index contributed by atoms with van der Waals surface area (Å²) in [4.78, 5) is 4.18. The summed E-state index contributed by atoms with van der Waals surface area (Å²) in [6.45, 7) is 0. The first kappa shape index (κ1) is 15.7. The lowest BCUT2D eigenvalue weighted by molar-refractivity contribution is -0.137. The Morgan fingerprint density at radius 3 is 2.48 bits per heavy atom. The van der Waals surface area contributed by atoms with Crippen molar-refractivity contribution >= 4 is 11.8 Å². The highest BCUT2D eigenvalue weighted by molar-refractivity contribution is 7.97. The van der Waals surface area contributed by atoms with E-state index in [9.17, 15) is 13.2 Å². The van der Waals surface area contributed by atoms with Crippen molar-refractivity contribution < 1.29 is 22.1 Å². The second kappa shape index (κ2) is 6.49. The van der Waals surface area contributed by atoms with Crippen LogP contribution in [0.25, 0.3) is 11.4 Å². The Balaban J connectivity index is 1.62. The van der Waals surface area contributed by atoms with E-state index < -0.39 is 11.7 Å². The van der Waals surface area contributed by atoms with Crippen LogP contribution in [-0.2, 0) is 17.7 Å². The highest BCUT2D eigenvalue weighted by Gasteiger charge is 2.30. The third-order valence-electron chi connectivity index (χ3n) is 2.99. The molecule has 0 fully saturated rings. The molecule has 0 spiro atoms. The van der Waals surface area contributed by atoms with Gasteiger partial charge in [0.15, 0.2) is 0 Å². The van der Waals surface area contributed by atoms with Gasteiger partial charge in [-0.2, -0.15) is 18.2 Å². The van der Waals surface area contributed by atoms with Crippen LogP contribution < -0.4 is 0 Å². The molecular formula is C15H11F3N2O2S. The summed E-state index contributed by atoms with van der Waals surface area (Å²) in [5, 5.41) is 3.79. The molecule has 0 atom stereocenters. The Morgan fingerprint density at radius 1 is 1.04 bits per heavy atom. The van der Waals surface area contributed by atoms with Crippen LogP contribution in [0.3, 0.4) is 0 Å². The normalized spacial score (nSPS) is 11.8. The largest absolute Gasteiger partial charge is 0.468 e. The van der Waals surface area contributed by atoms with Crippen molar-refractivity contribution in [3.63, 3.8) is 0 Å². The van der Waals surface area contributed by atoms with Gasteiger partial charge in [0, 0.05) is 5.56 Å². The van der Waals surface area contributed by atoms with Gasteiger partial charge in [0.2, 0.25) is 11.7 Å². The minimum absolute atomic E-state index is 0.271. The molecule has 0 aliphatic heterocycles. The van der Waals surface area contributed by atoms with Gasteiger partial charge >= 0.3 is 6.18 Å². The summed E-state index contributed by atoms with van der Waals surface area (Å²) in [6, 6.07) is 8.33. The van der Waals surface area contributed by atoms with E-state index in [1.807, 2.05) is 12.1 Å². The zero-order valence-electron chi connectivity index (χ0n) is 11.7. The number of hydrogen-bond donors (Lipinski definition) is 0. The predicted octanol–water partition coefficient (Wildman–Crippen LogP) is 4.78.